The van der Waals surface area contributed by atoms with Crippen LogP contribution in [0.3, 0.4) is 0 Å². The molecule has 2 heterocycles. The van der Waals surface area contributed by atoms with Crippen molar-refractivity contribution in [2.75, 3.05) is 70.5 Å². The number of hydrogen-bond acceptors (Lipinski definition) is 7. The van der Waals surface area contributed by atoms with Crippen LogP contribution in [-0.4, -0.2) is 106 Å². The molecule has 1 aromatic rings. The lowest BCUT2D eigenvalue weighted by Gasteiger charge is -2.72. The quantitative estimate of drug-likeness (QED) is 0.197. The summed E-state index contributed by atoms with van der Waals surface area (Å²) in [4.78, 5) is 16.8. The molecule has 308 valence electrons. The van der Waals surface area contributed by atoms with E-state index in [1.807, 2.05) is 12.1 Å². The molecule has 0 aromatic heterocycles. The molecule has 9 heteroatoms. The summed E-state index contributed by atoms with van der Waals surface area (Å²) in [5.74, 6) is 4.24. The molecule has 6 fully saturated rings. The van der Waals surface area contributed by atoms with Gasteiger partial charge in [0.2, 0.25) is 0 Å². The number of ether oxygens (including phenoxy) is 1. The first-order valence-corrected chi connectivity index (χ1v) is 24.0. The molecule has 4 saturated carbocycles. The van der Waals surface area contributed by atoms with Crippen LogP contribution in [0.5, 0.6) is 0 Å². The molecule has 10 atom stereocenters. The van der Waals surface area contributed by atoms with Crippen LogP contribution in [0.2, 0.25) is 0 Å². The number of allylic oxidation sites excluding steroid dienone is 2. The molecular weight excluding hydrogens is 707 g/mol. The minimum atomic E-state index is -2.37. The molecule has 2 aliphatic heterocycles. The van der Waals surface area contributed by atoms with Crippen molar-refractivity contribution in [2.45, 2.75) is 105 Å². The number of nitrogens with zero attached hydrogens (tertiary/aromatic N) is 2. The van der Waals surface area contributed by atoms with Crippen molar-refractivity contribution in [3.8, 4) is 0 Å². The van der Waals surface area contributed by atoms with E-state index >= 15 is 0 Å². The number of carboxylic acids is 1. The zero-order valence-electron chi connectivity index (χ0n) is 35.0. The monoisotopic (exact) mass is 780 g/mol. The molecule has 0 radical (unpaired) electrons. The Balaban J connectivity index is 1.06. The second-order valence-corrected chi connectivity index (χ2v) is 23.3. The van der Waals surface area contributed by atoms with E-state index in [1.165, 1.54) is 69.0 Å². The van der Waals surface area contributed by atoms with Gasteiger partial charge in [-0.05, 0) is 138 Å². The smallest absolute Gasteiger partial charge is 0.335 e. The first-order valence-electron chi connectivity index (χ1n) is 22.1. The van der Waals surface area contributed by atoms with Gasteiger partial charge >= 0.3 is 5.97 Å². The van der Waals surface area contributed by atoms with Crippen LogP contribution < -0.4 is 5.32 Å². The van der Waals surface area contributed by atoms with Crippen molar-refractivity contribution in [1.29, 1.82) is 0 Å². The van der Waals surface area contributed by atoms with E-state index < -0.39 is 16.6 Å². The molecule has 0 spiro atoms. The van der Waals surface area contributed by atoms with Crippen LogP contribution in [0.25, 0.3) is 5.57 Å². The molecule has 0 bridgehead atoms. The van der Waals surface area contributed by atoms with Crippen LogP contribution in [0.15, 0.2) is 30.3 Å². The Morgan fingerprint density at radius 2 is 1.58 bits per heavy atom. The summed E-state index contributed by atoms with van der Waals surface area (Å²) in [6.45, 7) is 24.4. The second kappa shape index (κ2) is 14.7. The molecular formula is C46H73N3O5S. The molecule has 55 heavy (non-hydrogen) atoms. The second-order valence-electron chi connectivity index (χ2n) is 20.8. The first-order chi connectivity index (χ1) is 26.0. The van der Waals surface area contributed by atoms with Crippen molar-refractivity contribution in [3.63, 3.8) is 0 Å². The zero-order chi connectivity index (χ0) is 39.0. The number of carboxylic acid groups (broad SMARTS) is 1. The number of hydrogen-bond donors (Lipinski definition) is 4. The highest BCUT2D eigenvalue weighted by molar-refractivity contribution is 8.24. The lowest BCUT2D eigenvalue weighted by atomic mass is 9.33. The van der Waals surface area contributed by atoms with Gasteiger partial charge < -0.3 is 15.2 Å². The van der Waals surface area contributed by atoms with Gasteiger partial charge in [0.25, 0.3) is 0 Å². The largest absolute Gasteiger partial charge is 0.478 e. The SMILES string of the molecule is CC(CN1CCOCC1)[C@@H]1CC[C@]2(NCCN3CCS(O)(O)CC3)CC[C@]3(C)[C@H](CC[C@@H]4[C@@]5(C)CC=C(c6ccc(C(=O)O)cc6)C(C)(C)[C@@H]5CC[C@]43C)[C@@H]12. The van der Waals surface area contributed by atoms with Crippen molar-refractivity contribution < 1.29 is 23.7 Å². The Labute approximate surface area is 334 Å². The summed E-state index contributed by atoms with van der Waals surface area (Å²) < 4.78 is 26.2. The first kappa shape index (κ1) is 40.3. The average molecular weight is 780 g/mol. The molecule has 8 nitrogen and oxygen atoms in total. The van der Waals surface area contributed by atoms with Gasteiger partial charge in [-0.15, -0.1) is 0 Å². The minimum absolute atomic E-state index is 0.0133. The van der Waals surface area contributed by atoms with Gasteiger partial charge in [-0.3, -0.25) is 18.9 Å². The summed E-state index contributed by atoms with van der Waals surface area (Å²) in [5, 5.41) is 13.9. The van der Waals surface area contributed by atoms with Crippen LogP contribution in [0, 0.1) is 57.2 Å². The number of morpholine rings is 1. The van der Waals surface area contributed by atoms with Gasteiger partial charge in [0, 0.05) is 51.4 Å². The summed E-state index contributed by atoms with van der Waals surface area (Å²) in [6, 6.07) is 7.65. The average Bonchev–Trinajstić information content (AvgIpc) is 3.53. The normalized spacial score (nSPS) is 42.5. The maximum Gasteiger partial charge on any atom is 0.335 e. The van der Waals surface area contributed by atoms with Crippen LogP contribution in [0.1, 0.15) is 115 Å². The fourth-order valence-corrected chi connectivity index (χ4v) is 16.6. The lowest BCUT2D eigenvalue weighted by Crippen LogP contribution is -2.68. The minimum Gasteiger partial charge on any atom is -0.478 e. The van der Waals surface area contributed by atoms with E-state index in [2.05, 4.69) is 62.7 Å². The van der Waals surface area contributed by atoms with E-state index in [0.29, 0.717) is 52.1 Å². The number of fused-ring (bicyclic) bond motifs is 7. The highest BCUT2D eigenvalue weighted by Crippen LogP contribution is 2.76. The van der Waals surface area contributed by atoms with E-state index in [4.69, 9.17) is 4.74 Å². The predicted octanol–water partition coefficient (Wildman–Crippen LogP) is 8.84. The summed E-state index contributed by atoms with van der Waals surface area (Å²) in [6.07, 6.45) is 14.1. The van der Waals surface area contributed by atoms with Crippen molar-refractivity contribution >= 4 is 22.1 Å². The molecule has 7 aliphatic rings. The summed E-state index contributed by atoms with van der Waals surface area (Å²) in [7, 11) is -2.37. The summed E-state index contributed by atoms with van der Waals surface area (Å²) in [5.41, 5.74) is 3.97. The number of benzene rings is 1. The molecule has 4 N–H and O–H groups in total. The van der Waals surface area contributed by atoms with Gasteiger partial charge in [0.05, 0.1) is 30.3 Å². The molecule has 1 aromatic carbocycles. The van der Waals surface area contributed by atoms with Crippen LogP contribution in [0.4, 0.5) is 0 Å². The maximum absolute atomic E-state index is 11.6. The van der Waals surface area contributed by atoms with Gasteiger partial charge in [-0.1, -0.05) is 59.8 Å². The van der Waals surface area contributed by atoms with Gasteiger partial charge in [0.15, 0.2) is 0 Å². The number of aromatic carboxylic acids is 1. The fraction of sp³-hybridized carbons (Fsp3) is 0.804. The highest BCUT2D eigenvalue weighted by Gasteiger charge is 2.70. The van der Waals surface area contributed by atoms with Crippen LogP contribution in [-0.2, 0) is 4.74 Å². The maximum atomic E-state index is 11.6. The molecule has 0 amide bonds. The van der Waals surface area contributed by atoms with Crippen molar-refractivity contribution in [1.82, 2.24) is 15.1 Å². The Bertz CT molecular complexity index is 1600. The zero-order valence-corrected chi connectivity index (χ0v) is 35.8. The van der Waals surface area contributed by atoms with Crippen LogP contribution >= 0.6 is 10.6 Å². The van der Waals surface area contributed by atoms with Crippen molar-refractivity contribution in [3.05, 3.63) is 41.5 Å². The number of nitrogens with one attached hydrogen (secondary N) is 1. The Hall–Kier alpha value is -1.46. The Morgan fingerprint density at radius 3 is 2.27 bits per heavy atom. The van der Waals surface area contributed by atoms with Gasteiger partial charge in [0.1, 0.15) is 0 Å². The van der Waals surface area contributed by atoms with E-state index in [1.54, 1.807) is 12.1 Å². The van der Waals surface area contributed by atoms with Gasteiger partial charge in [-0.25, -0.2) is 4.79 Å². The molecule has 1 unspecified atom stereocenters. The number of rotatable bonds is 9. The van der Waals surface area contributed by atoms with E-state index in [-0.39, 0.29) is 21.8 Å². The molecule has 5 aliphatic carbocycles. The standard InChI is InChI=1S/C46H73N3O5S/c1-32(31-49-23-27-54-28-24-49)35-13-18-46(47-21-22-48-25-29-55(52,53)30-26-48)20-19-44(5)37(40(35)46)11-12-39-43(4)16-14-36(33-7-9-34(10-8-33)41(50)51)42(2,3)38(43)15-17-45(39,44)6/h7-10,14,32,35,37-40,47,52-53H,11-13,15-31H2,1-6H3,(H,50,51)/t32?,35-,37+,38-,39+,40+,43-,44+,45+,46-/m0/s1. The van der Waals surface area contributed by atoms with E-state index in [0.717, 1.165) is 64.8 Å². The third-order valence-corrected chi connectivity index (χ3v) is 19.9. The summed E-state index contributed by atoms with van der Waals surface area (Å²) >= 11 is 0. The third-order valence-electron chi connectivity index (χ3n) is 18.3. The topological polar surface area (TPSA) is 106 Å². The lowest BCUT2D eigenvalue weighted by molar-refractivity contribution is -0.221. The third kappa shape index (κ3) is 6.79. The predicted molar refractivity (Wildman–Crippen MR) is 225 cm³/mol. The van der Waals surface area contributed by atoms with Gasteiger partial charge in [-0.2, -0.15) is 10.6 Å². The highest BCUT2D eigenvalue weighted by atomic mass is 32.3. The number of carbonyl (C=O) groups is 1. The molecule has 8 rings (SSSR count). The Morgan fingerprint density at radius 1 is 0.873 bits per heavy atom. The fourth-order valence-electron chi connectivity index (χ4n) is 15.3. The molecule has 2 saturated heterocycles. The van der Waals surface area contributed by atoms with Crippen molar-refractivity contribution in [2.24, 2.45) is 57.2 Å². The van der Waals surface area contributed by atoms with E-state index in [9.17, 15) is 19.0 Å². The Kier molecular flexibility index (Phi) is 10.8.